The van der Waals surface area contributed by atoms with Crippen LogP contribution >= 0.6 is 12.2 Å². The van der Waals surface area contributed by atoms with Crippen molar-refractivity contribution in [1.82, 2.24) is 4.31 Å². The molecule has 1 amide bonds. The minimum Gasteiger partial charge on any atom is -0.443 e. The number of ether oxygens (including phenoxy) is 1. The number of rotatable bonds is 0. The molecule has 0 aromatic rings. The lowest BCUT2D eigenvalue weighted by atomic mass is 10.2. The summed E-state index contributed by atoms with van der Waals surface area (Å²) in [6, 6.07) is 0. The van der Waals surface area contributed by atoms with Gasteiger partial charge in [0.1, 0.15) is 17.8 Å². The van der Waals surface area contributed by atoms with Gasteiger partial charge in [-0.3, -0.25) is 4.18 Å². The van der Waals surface area contributed by atoms with Gasteiger partial charge < -0.3 is 4.74 Å². The zero-order valence-corrected chi connectivity index (χ0v) is 8.31. The number of carbonyl (C=O) groups is 1. The van der Waals surface area contributed by atoms with Gasteiger partial charge in [0, 0.05) is 0 Å². The molecule has 0 radical (unpaired) electrons. The normalized spacial score (nSPS) is 18.1. The topological polar surface area (TPSA) is 38.8 Å². The van der Waals surface area contributed by atoms with Gasteiger partial charge in [-0.05, 0) is 20.8 Å². The summed E-state index contributed by atoms with van der Waals surface area (Å²) in [5.41, 5.74) is -0.430. The maximum absolute atomic E-state index is 11.3. The SMILES string of the molecule is CC(C)(C)OC(=O)N1CCOS1. The van der Waals surface area contributed by atoms with Crippen LogP contribution in [-0.2, 0) is 8.92 Å². The Kier molecular flexibility index (Phi) is 2.85. The highest BCUT2D eigenvalue weighted by atomic mass is 32.2. The molecule has 1 saturated heterocycles. The van der Waals surface area contributed by atoms with E-state index in [1.165, 1.54) is 4.31 Å². The van der Waals surface area contributed by atoms with E-state index >= 15 is 0 Å². The number of amides is 1. The fraction of sp³-hybridized carbons (Fsp3) is 0.857. The molecule has 0 aliphatic carbocycles. The Bertz CT molecular complexity index is 172. The predicted molar refractivity (Wildman–Crippen MR) is 46.5 cm³/mol. The molecular weight excluding hydrogens is 178 g/mol. The van der Waals surface area contributed by atoms with E-state index in [0.29, 0.717) is 13.2 Å². The van der Waals surface area contributed by atoms with Crippen molar-refractivity contribution in [2.24, 2.45) is 0 Å². The molecular formula is C7H13NO3S. The standard InChI is InChI=1S/C7H13NO3S/c1-7(2,3)11-6(9)8-4-5-10-12-8/h4-5H2,1-3H3. The average molecular weight is 191 g/mol. The lowest BCUT2D eigenvalue weighted by Gasteiger charge is -2.22. The van der Waals surface area contributed by atoms with Gasteiger partial charge in [0.05, 0.1) is 13.2 Å². The molecule has 1 fully saturated rings. The third kappa shape index (κ3) is 2.91. The van der Waals surface area contributed by atoms with E-state index in [1.807, 2.05) is 20.8 Å². The summed E-state index contributed by atoms with van der Waals surface area (Å²) in [7, 11) is 0. The Morgan fingerprint density at radius 3 is 2.67 bits per heavy atom. The molecule has 0 aromatic heterocycles. The van der Waals surface area contributed by atoms with E-state index in [1.54, 1.807) is 0 Å². The highest BCUT2D eigenvalue weighted by Gasteiger charge is 2.26. The maximum Gasteiger partial charge on any atom is 0.422 e. The van der Waals surface area contributed by atoms with Gasteiger partial charge in [0.25, 0.3) is 0 Å². The molecule has 0 N–H and O–H groups in total. The van der Waals surface area contributed by atoms with Crippen molar-refractivity contribution in [3.8, 4) is 0 Å². The Hall–Kier alpha value is -0.420. The van der Waals surface area contributed by atoms with E-state index in [4.69, 9.17) is 8.92 Å². The van der Waals surface area contributed by atoms with Gasteiger partial charge in [-0.1, -0.05) is 0 Å². The number of hydrogen-bond donors (Lipinski definition) is 0. The summed E-state index contributed by atoms with van der Waals surface area (Å²) < 4.78 is 11.5. The average Bonchev–Trinajstić information content (AvgIpc) is 2.32. The zero-order chi connectivity index (χ0) is 9.19. The molecule has 0 spiro atoms. The molecule has 0 bridgehead atoms. The van der Waals surface area contributed by atoms with E-state index < -0.39 is 5.60 Å². The second kappa shape index (κ2) is 3.53. The van der Waals surface area contributed by atoms with Crippen molar-refractivity contribution >= 4 is 18.3 Å². The Labute approximate surface area is 76.5 Å². The molecule has 0 atom stereocenters. The van der Waals surface area contributed by atoms with Crippen LogP contribution < -0.4 is 0 Å². The first-order valence-corrected chi connectivity index (χ1v) is 4.49. The number of nitrogens with zero attached hydrogens (tertiary/aromatic N) is 1. The molecule has 70 valence electrons. The van der Waals surface area contributed by atoms with Crippen LogP contribution in [0.1, 0.15) is 20.8 Å². The summed E-state index contributed by atoms with van der Waals surface area (Å²) >= 11 is 1.05. The Balaban J connectivity index is 2.37. The Morgan fingerprint density at radius 1 is 1.58 bits per heavy atom. The highest BCUT2D eigenvalue weighted by molar-refractivity contribution is 7.93. The van der Waals surface area contributed by atoms with Crippen molar-refractivity contribution in [2.75, 3.05) is 13.2 Å². The van der Waals surface area contributed by atoms with Gasteiger partial charge in [-0.15, -0.1) is 0 Å². The van der Waals surface area contributed by atoms with Crippen molar-refractivity contribution < 1.29 is 13.7 Å². The van der Waals surface area contributed by atoms with Crippen molar-refractivity contribution in [3.05, 3.63) is 0 Å². The lowest BCUT2D eigenvalue weighted by molar-refractivity contribution is 0.0416. The first kappa shape index (κ1) is 9.67. The third-order valence-electron chi connectivity index (χ3n) is 1.12. The van der Waals surface area contributed by atoms with Gasteiger partial charge in [-0.2, -0.15) is 0 Å². The lowest BCUT2D eigenvalue weighted by Crippen LogP contribution is -2.31. The third-order valence-corrected chi connectivity index (χ3v) is 1.90. The Morgan fingerprint density at radius 2 is 2.25 bits per heavy atom. The van der Waals surface area contributed by atoms with Crippen LogP contribution in [0.15, 0.2) is 0 Å². The molecule has 0 saturated carbocycles. The van der Waals surface area contributed by atoms with Crippen LogP contribution in [0, 0.1) is 0 Å². The molecule has 0 unspecified atom stereocenters. The maximum atomic E-state index is 11.3. The highest BCUT2D eigenvalue weighted by Crippen LogP contribution is 2.21. The number of carbonyl (C=O) groups excluding carboxylic acids is 1. The van der Waals surface area contributed by atoms with Crippen LogP contribution in [-0.4, -0.2) is 29.2 Å². The van der Waals surface area contributed by atoms with Crippen LogP contribution in [0.4, 0.5) is 4.79 Å². The molecule has 4 nitrogen and oxygen atoms in total. The summed E-state index contributed by atoms with van der Waals surface area (Å²) in [6.07, 6.45) is -0.329. The monoisotopic (exact) mass is 191 g/mol. The fourth-order valence-electron chi connectivity index (χ4n) is 0.693. The van der Waals surface area contributed by atoms with Crippen LogP contribution in [0.3, 0.4) is 0 Å². The van der Waals surface area contributed by atoms with Crippen LogP contribution in [0.5, 0.6) is 0 Å². The van der Waals surface area contributed by atoms with Gasteiger partial charge in [0.2, 0.25) is 0 Å². The van der Waals surface area contributed by atoms with Gasteiger partial charge in [0.15, 0.2) is 0 Å². The summed E-state index contributed by atoms with van der Waals surface area (Å²) in [5.74, 6) is 0. The van der Waals surface area contributed by atoms with Gasteiger partial charge in [-0.25, -0.2) is 9.10 Å². The summed E-state index contributed by atoms with van der Waals surface area (Å²) in [5, 5.41) is 0. The second-order valence-corrected chi connectivity index (χ2v) is 4.30. The van der Waals surface area contributed by atoms with Crippen LogP contribution in [0.2, 0.25) is 0 Å². The first-order valence-electron chi connectivity index (χ1n) is 3.79. The summed E-state index contributed by atoms with van der Waals surface area (Å²) in [6.45, 7) is 6.69. The first-order chi connectivity index (χ1) is 5.49. The quantitative estimate of drug-likeness (QED) is 0.432. The smallest absolute Gasteiger partial charge is 0.422 e. The molecule has 1 heterocycles. The van der Waals surface area contributed by atoms with Crippen LogP contribution in [0.25, 0.3) is 0 Å². The molecule has 5 heteroatoms. The van der Waals surface area contributed by atoms with Crippen molar-refractivity contribution in [2.45, 2.75) is 26.4 Å². The minimum atomic E-state index is -0.430. The molecule has 1 aliphatic heterocycles. The van der Waals surface area contributed by atoms with E-state index in [-0.39, 0.29) is 6.09 Å². The summed E-state index contributed by atoms with van der Waals surface area (Å²) in [4.78, 5) is 11.3. The molecule has 12 heavy (non-hydrogen) atoms. The van der Waals surface area contributed by atoms with E-state index in [2.05, 4.69) is 0 Å². The number of hydrogen-bond acceptors (Lipinski definition) is 4. The minimum absolute atomic E-state index is 0.329. The van der Waals surface area contributed by atoms with Crippen molar-refractivity contribution in [1.29, 1.82) is 0 Å². The molecule has 1 aliphatic rings. The fourth-order valence-corrected chi connectivity index (χ4v) is 1.22. The van der Waals surface area contributed by atoms with Gasteiger partial charge >= 0.3 is 6.09 Å². The second-order valence-electron chi connectivity index (χ2n) is 3.48. The zero-order valence-electron chi connectivity index (χ0n) is 7.49. The molecule has 1 rings (SSSR count). The van der Waals surface area contributed by atoms with E-state index in [0.717, 1.165) is 12.2 Å². The molecule has 0 aromatic carbocycles. The largest absolute Gasteiger partial charge is 0.443 e. The predicted octanol–water partition coefficient (Wildman–Crippen LogP) is 1.82. The van der Waals surface area contributed by atoms with E-state index in [9.17, 15) is 4.79 Å². The van der Waals surface area contributed by atoms with Crippen molar-refractivity contribution in [3.63, 3.8) is 0 Å².